The topological polar surface area (TPSA) is 20.3 Å². The summed E-state index contributed by atoms with van der Waals surface area (Å²) >= 11 is 5.39. The lowest BCUT2D eigenvalue weighted by atomic mass is 9.93. The van der Waals surface area contributed by atoms with Crippen LogP contribution in [0.5, 0.6) is 0 Å². The first-order chi connectivity index (χ1) is 9.27. The highest BCUT2D eigenvalue weighted by Crippen LogP contribution is 2.44. The van der Waals surface area contributed by atoms with E-state index in [-0.39, 0.29) is 5.37 Å². The summed E-state index contributed by atoms with van der Waals surface area (Å²) < 4.78 is 1.11. The van der Waals surface area contributed by atoms with Crippen LogP contribution in [0.15, 0.2) is 28.7 Å². The second-order valence-electron chi connectivity index (χ2n) is 5.28. The average molecular weight is 340 g/mol. The molecule has 0 bridgehead atoms. The third kappa shape index (κ3) is 2.70. The molecular formula is C15H18BrNOS. The van der Waals surface area contributed by atoms with E-state index in [0.717, 1.165) is 4.47 Å². The van der Waals surface area contributed by atoms with Gasteiger partial charge in [-0.1, -0.05) is 53.4 Å². The Bertz CT molecular complexity index is 473. The summed E-state index contributed by atoms with van der Waals surface area (Å²) in [4.78, 5) is 14.4. The first-order valence-corrected chi connectivity index (χ1v) is 8.79. The maximum Gasteiger partial charge on any atom is 0.234 e. The minimum absolute atomic E-state index is 0.200. The van der Waals surface area contributed by atoms with Crippen LogP contribution in [0, 0.1) is 0 Å². The molecule has 1 heterocycles. The lowest BCUT2D eigenvalue weighted by Gasteiger charge is -2.35. The fourth-order valence-corrected chi connectivity index (χ4v) is 5.04. The van der Waals surface area contributed by atoms with E-state index in [1.54, 1.807) is 11.8 Å². The van der Waals surface area contributed by atoms with Gasteiger partial charge < -0.3 is 4.90 Å². The molecule has 3 rings (SSSR count). The summed E-state index contributed by atoms with van der Waals surface area (Å²) in [6.45, 7) is 0. The molecule has 0 N–H and O–H groups in total. The largest absolute Gasteiger partial charge is 0.323 e. The molecule has 0 radical (unpaired) electrons. The van der Waals surface area contributed by atoms with Crippen molar-refractivity contribution in [3.8, 4) is 0 Å². The predicted molar refractivity (Wildman–Crippen MR) is 83.1 cm³/mol. The molecule has 1 saturated heterocycles. The van der Waals surface area contributed by atoms with Crippen molar-refractivity contribution in [2.75, 3.05) is 5.75 Å². The van der Waals surface area contributed by atoms with E-state index in [9.17, 15) is 4.79 Å². The summed E-state index contributed by atoms with van der Waals surface area (Å²) in [6.07, 6.45) is 6.20. The standard InChI is InChI=1S/C15H18BrNOS/c16-13-9-5-4-8-12(13)15-17(14(18)10-19-15)11-6-2-1-3-7-11/h4-5,8-9,11,15H,1-3,6-7,10H2. The first kappa shape index (κ1) is 13.5. The van der Waals surface area contributed by atoms with Gasteiger partial charge in [0.05, 0.1) is 5.75 Å². The Morgan fingerprint density at radius 2 is 1.89 bits per heavy atom. The molecule has 2 aliphatic rings. The van der Waals surface area contributed by atoms with Crippen molar-refractivity contribution in [2.45, 2.75) is 43.5 Å². The lowest BCUT2D eigenvalue weighted by molar-refractivity contribution is -0.131. The molecule has 1 aliphatic heterocycles. The van der Waals surface area contributed by atoms with Gasteiger partial charge in [0.25, 0.3) is 0 Å². The highest BCUT2D eigenvalue weighted by Gasteiger charge is 2.38. The Hall–Kier alpha value is -0.480. The van der Waals surface area contributed by atoms with Crippen LogP contribution >= 0.6 is 27.7 Å². The number of rotatable bonds is 2. The van der Waals surface area contributed by atoms with E-state index in [1.165, 1.54) is 37.7 Å². The Morgan fingerprint density at radius 3 is 2.63 bits per heavy atom. The van der Waals surface area contributed by atoms with Gasteiger partial charge in [-0.3, -0.25) is 4.79 Å². The number of nitrogens with zero attached hydrogens (tertiary/aromatic N) is 1. The second-order valence-corrected chi connectivity index (χ2v) is 7.20. The fraction of sp³-hybridized carbons (Fsp3) is 0.533. The van der Waals surface area contributed by atoms with Gasteiger partial charge in [0.2, 0.25) is 5.91 Å². The summed E-state index contributed by atoms with van der Waals surface area (Å²) in [7, 11) is 0. The number of amides is 1. The van der Waals surface area contributed by atoms with Crippen molar-refractivity contribution in [1.29, 1.82) is 0 Å². The number of thioether (sulfide) groups is 1. The Labute approximate surface area is 127 Å². The second kappa shape index (κ2) is 5.88. The zero-order valence-electron chi connectivity index (χ0n) is 10.8. The molecule has 1 unspecified atom stereocenters. The van der Waals surface area contributed by atoms with Crippen molar-refractivity contribution in [3.05, 3.63) is 34.3 Å². The summed E-state index contributed by atoms with van der Waals surface area (Å²) in [5, 5.41) is 0.200. The van der Waals surface area contributed by atoms with Crippen molar-refractivity contribution >= 4 is 33.6 Å². The molecule has 0 aromatic heterocycles. The van der Waals surface area contributed by atoms with Crippen LogP contribution in [0.3, 0.4) is 0 Å². The summed E-state index contributed by atoms with van der Waals surface area (Å²) in [5.41, 5.74) is 1.24. The van der Waals surface area contributed by atoms with E-state index < -0.39 is 0 Å². The molecule has 1 saturated carbocycles. The summed E-state index contributed by atoms with van der Waals surface area (Å²) in [6, 6.07) is 8.74. The van der Waals surface area contributed by atoms with Crippen LogP contribution in [-0.4, -0.2) is 22.6 Å². The van der Waals surface area contributed by atoms with E-state index >= 15 is 0 Å². The minimum Gasteiger partial charge on any atom is -0.323 e. The van der Waals surface area contributed by atoms with Gasteiger partial charge in [0, 0.05) is 10.5 Å². The van der Waals surface area contributed by atoms with Gasteiger partial charge in [-0.25, -0.2) is 0 Å². The van der Waals surface area contributed by atoms with Crippen LogP contribution in [0.25, 0.3) is 0 Å². The quantitative estimate of drug-likeness (QED) is 0.797. The van der Waals surface area contributed by atoms with Crippen molar-refractivity contribution in [1.82, 2.24) is 4.90 Å². The zero-order valence-corrected chi connectivity index (χ0v) is 13.3. The molecule has 1 atom stereocenters. The molecule has 1 amide bonds. The maximum absolute atomic E-state index is 12.3. The number of hydrogen-bond acceptors (Lipinski definition) is 2. The molecule has 19 heavy (non-hydrogen) atoms. The van der Waals surface area contributed by atoms with Crippen LogP contribution in [0.1, 0.15) is 43.0 Å². The lowest BCUT2D eigenvalue weighted by Crippen LogP contribution is -2.39. The van der Waals surface area contributed by atoms with E-state index in [0.29, 0.717) is 17.7 Å². The molecular weight excluding hydrogens is 322 g/mol. The molecule has 0 spiro atoms. The van der Waals surface area contributed by atoms with Crippen LogP contribution < -0.4 is 0 Å². The van der Waals surface area contributed by atoms with E-state index in [4.69, 9.17) is 0 Å². The monoisotopic (exact) mass is 339 g/mol. The minimum atomic E-state index is 0.200. The van der Waals surface area contributed by atoms with Gasteiger partial charge >= 0.3 is 0 Å². The van der Waals surface area contributed by atoms with E-state index in [1.807, 2.05) is 6.07 Å². The van der Waals surface area contributed by atoms with Crippen LogP contribution in [0.2, 0.25) is 0 Å². The van der Waals surface area contributed by atoms with Crippen molar-refractivity contribution in [2.24, 2.45) is 0 Å². The van der Waals surface area contributed by atoms with Crippen molar-refractivity contribution < 1.29 is 4.79 Å². The fourth-order valence-electron chi connectivity index (χ4n) is 3.11. The predicted octanol–water partition coefficient (Wildman–Crippen LogP) is 4.36. The molecule has 1 aromatic rings. The number of halogens is 1. The average Bonchev–Trinajstić information content (AvgIpc) is 2.82. The number of benzene rings is 1. The first-order valence-electron chi connectivity index (χ1n) is 6.94. The third-order valence-corrected chi connectivity index (χ3v) is 5.98. The maximum atomic E-state index is 12.3. The van der Waals surface area contributed by atoms with Gasteiger partial charge in [-0.2, -0.15) is 0 Å². The molecule has 102 valence electrons. The Morgan fingerprint density at radius 1 is 1.16 bits per heavy atom. The third-order valence-electron chi connectivity index (χ3n) is 4.04. The zero-order chi connectivity index (χ0) is 13.2. The molecule has 1 aromatic carbocycles. The smallest absolute Gasteiger partial charge is 0.234 e. The highest BCUT2D eigenvalue weighted by atomic mass is 79.9. The number of carbonyl (C=O) groups excluding carboxylic acids is 1. The number of carbonyl (C=O) groups is 1. The Balaban J connectivity index is 1.87. The van der Waals surface area contributed by atoms with Crippen LogP contribution in [-0.2, 0) is 4.79 Å². The molecule has 2 nitrogen and oxygen atoms in total. The molecule has 1 aliphatic carbocycles. The van der Waals surface area contributed by atoms with E-state index in [2.05, 4.69) is 39.0 Å². The molecule has 2 fully saturated rings. The molecule has 4 heteroatoms. The van der Waals surface area contributed by atoms with Crippen molar-refractivity contribution in [3.63, 3.8) is 0 Å². The van der Waals surface area contributed by atoms with Gasteiger partial charge in [0.1, 0.15) is 5.37 Å². The normalized spacial score (nSPS) is 25.0. The van der Waals surface area contributed by atoms with Gasteiger partial charge in [-0.05, 0) is 24.5 Å². The van der Waals surface area contributed by atoms with Crippen LogP contribution in [0.4, 0.5) is 0 Å². The number of hydrogen-bond donors (Lipinski definition) is 0. The Kier molecular flexibility index (Phi) is 4.18. The van der Waals surface area contributed by atoms with Gasteiger partial charge in [-0.15, -0.1) is 11.8 Å². The highest BCUT2D eigenvalue weighted by molar-refractivity contribution is 9.10. The summed E-state index contributed by atoms with van der Waals surface area (Å²) in [5.74, 6) is 0.945. The SMILES string of the molecule is O=C1CSC(c2ccccc2Br)N1C1CCCCC1. The van der Waals surface area contributed by atoms with Gasteiger partial charge in [0.15, 0.2) is 0 Å².